The molecule has 0 spiro atoms. The number of nitrogens with zero attached hydrogens (tertiary/aromatic N) is 1. The fourth-order valence-corrected chi connectivity index (χ4v) is 3.13. The monoisotopic (exact) mass is 349 g/mol. The van der Waals surface area contributed by atoms with Gasteiger partial charge in [0.05, 0.1) is 13.2 Å². The molecule has 134 valence electrons. The molecule has 0 atom stereocenters. The van der Waals surface area contributed by atoms with Crippen molar-refractivity contribution in [2.75, 3.05) is 13.2 Å². The van der Waals surface area contributed by atoms with Crippen molar-refractivity contribution in [1.29, 1.82) is 0 Å². The number of hydrogen-bond acceptors (Lipinski definition) is 4. The number of rotatable bonds is 5. The lowest BCUT2D eigenvalue weighted by molar-refractivity contribution is -0.140. The predicted molar refractivity (Wildman–Crippen MR) is 88.2 cm³/mol. The van der Waals surface area contributed by atoms with Crippen LogP contribution in [0.5, 0.6) is 0 Å². The summed E-state index contributed by atoms with van der Waals surface area (Å²) in [7, 11) is 0. The number of carbonyl (C=O) groups excluding carboxylic acids is 1. The molecule has 0 N–H and O–H groups in total. The first-order valence-corrected chi connectivity index (χ1v) is 8.36. The molecular weight excluding hydrogens is 328 g/mol. The number of allylic oxidation sites excluding steroid dienone is 3. The van der Waals surface area contributed by atoms with Gasteiger partial charge in [-0.05, 0) is 44.1 Å². The fourth-order valence-electron chi connectivity index (χ4n) is 3.13. The molecule has 0 radical (unpaired) electrons. The van der Waals surface area contributed by atoms with Gasteiger partial charge in [-0.2, -0.15) is 0 Å². The molecule has 3 rings (SSSR count). The number of carbonyl (C=O) groups is 1. The highest BCUT2D eigenvalue weighted by Crippen LogP contribution is 2.43. The largest absolute Gasteiger partial charge is 0.490 e. The van der Waals surface area contributed by atoms with Crippen LogP contribution in [0.15, 0.2) is 52.4 Å². The molecule has 2 heterocycles. The Morgan fingerprint density at radius 2 is 2.12 bits per heavy atom. The number of fused-ring (bicyclic) bond motifs is 1. The van der Waals surface area contributed by atoms with Crippen LogP contribution in [-0.4, -0.2) is 30.0 Å². The maximum absolute atomic E-state index is 13.0. The second kappa shape index (κ2) is 6.52. The van der Waals surface area contributed by atoms with Crippen LogP contribution in [-0.2, 0) is 14.3 Å². The van der Waals surface area contributed by atoms with Gasteiger partial charge in [0.2, 0.25) is 5.92 Å². The van der Waals surface area contributed by atoms with Gasteiger partial charge in [0.25, 0.3) is 0 Å². The highest BCUT2D eigenvalue weighted by molar-refractivity contribution is 5.90. The first-order chi connectivity index (χ1) is 11.8. The molecule has 0 amide bonds. The van der Waals surface area contributed by atoms with E-state index in [4.69, 9.17) is 9.47 Å². The molecule has 6 heteroatoms. The zero-order valence-electron chi connectivity index (χ0n) is 14.6. The Kier molecular flexibility index (Phi) is 4.56. The fraction of sp³-hybridized carbons (Fsp3) is 0.474. The van der Waals surface area contributed by atoms with Crippen molar-refractivity contribution in [2.45, 2.75) is 39.5 Å². The summed E-state index contributed by atoms with van der Waals surface area (Å²) >= 11 is 0. The molecule has 25 heavy (non-hydrogen) atoms. The van der Waals surface area contributed by atoms with Gasteiger partial charge in [0, 0.05) is 25.0 Å². The molecule has 1 saturated carbocycles. The van der Waals surface area contributed by atoms with Gasteiger partial charge in [-0.15, -0.1) is 0 Å². The number of alkyl halides is 2. The van der Waals surface area contributed by atoms with Crippen LogP contribution < -0.4 is 0 Å². The third-order valence-electron chi connectivity index (χ3n) is 4.32. The Balaban J connectivity index is 1.78. The van der Waals surface area contributed by atoms with E-state index < -0.39 is 11.9 Å². The van der Waals surface area contributed by atoms with Gasteiger partial charge >= 0.3 is 5.97 Å². The van der Waals surface area contributed by atoms with E-state index >= 15 is 0 Å². The van der Waals surface area contributed by atoms with Crippen LogP contribution in [0, 0.1) is 5.92 Å². The Hall–Kier alpha value is -2.33. The van der Waals surface area contributed by atoms with E-state index in [1.807, 2.05) is 26.1 Å². The predicted octanol–water partition coefficient (Wildman–Crippen LogP) is 4.04. The number of esters is 1. The quantitative estimate of drug-likeness (QED) is 0.555. The summed E-state index contributed by atoms with van der Waals surface area (Å²) in [5.41, 5.74) is 5.74. The van der Waals surface area contributed by atoms with E-state index in [1.54, 1.807) is 17.9 Å². The van der Waals surface area contributed by atoms with E-state index in [2.05, 4.69) is 5.73 Å². The molecule has 0 saturated heterocycles. The van der Waals surface area contributed by atoms with Crippen molar-refractivity contribution < 1.29 is 23.0 Å². The van der Waals surface area contributed by atoms with Crippen molar-refractivity contribution in [3.05, 3.63) is 52.4 Å². The second-order valence-corrected chi connectivity index (χ2v) is 6.58. The third-order valence-corrected chi connectivity index (χ3v) is 4.32. The van der Waals surface area contributed by atoms with E-state index in [-0.39, 0.29) is 32.0 Å². The molecule has 3 aliphatic rings. The van der Waals surface area contributed by atoms with Gasteiger partial charge in [0.15, 0.2) is 5.76 Å². The van der Waals surface area contributed by atoms with Crippen molar-refractivity contribution >= 4 is 5.97 Å². The van der Waals surface area contributed by atoms with Crippen LogP contribution in [0.25, 0.3) is 0 Å². The molecule has 4 nitrogen and oxygen atoms in total. The van der Waals surface area contributed by atoms with Crippen molar-refractivity contribution in [1.82, 2.24) is 4.90 Å². The molecule has 0 aromatic carbocycles. The zero-order valence-corrected chi connectivity index (χ0v) is 14.6. The molecule has 2 aliphatic heterocycles. The summed E-state index contributed by atoms with van der Waals surface area (Å²) in [6, 6.07) is 0. The van der Waals surface area contributed by atoms with E-state index in [0.29, 0.717) is 17.2 Å². The minimum Gasteiger partial charge on any atom is -0.490 e. The van der Waals surface area contributed by atoms with Crippen LogP contribution >= 0.6 is 0 Å². The second-order valence-electron chi connectivity index (χ2n) is 6.58. The van der Waals surface area contributed by atoms with Gasteiger partial charge in [-0.25, -0.2) is 13.6 Å². The van der Waals surface area contributed by atoms with Crippen molar-refractivity contribution in [3.8, 4) is 0 Å². The smallest absolute Gasteiger partial charge is 0.355 e. The lowest BCUT2D eigenvalue weighted by Gasteiger charge is -2.36. The van der Waals surface area contributed by atoms with E-state index in [0.717, 1.165) is 11.1 Å². The Morgan fingerprint density at radius 3 is 2.76 bits per heavy atom. The lowest BCUT2D eigenvalue weighted by Crippen LogP contribution is -2.38. The van der Waals surface area contributed by atoms with Gasteiger partial charge in [-0.3, -0.25) is 0 Å². The highest BCUT2D eigenvalue weighted by atomic mass is 19.3. The number of hydrogen-bond donors (Lipinski definition) is 0. The standard InChI is InChI=1S/C19H21F2NO3/c1-4-24-18(23)17-13(3)5-6-15-16(7-12(2)10-22(15)17)25-11-14-8-19(20,21)9-14/h5,7,10,14H,4,8-9,11H2,1-3H3. The van der Waals surface area contributed by atoms with Gasteiger partial charge < -0.3 is 14.4 Å². The molecule has 1 aliphatic carbocycles. The summed E-state index contributed by atoms with van der Waals surface area (Å²) in [6.45, 7) is 5.96. The van der Waals surface area contributed by atoms with Crippen LogP contribution in [0.1, 0.15) is 33.6 Å². The van der Waals surface area contributed by atoms with Crippen LogP contribution in [0.2, 0.25) is 0 Å². The average molecular weight is 349 g/mol. The maximum atomic E-state index is 13.0. The number of ether oxygens (including phenoxy) is 2. The summed E-state index contributed by atoms with van der Waals surface area (Å²) in [5, 5.41) is 0. The van der Waals surface area contributed by atoms with Gasteiger partial charge in [-0.1, -0.05) is 5.73 Å². The normalized spacial score (nSPS) is 21.8. The first-order valence-electron chi connectivity index (χ1n) is 8.36. The minimum atomic E-state index is -2.56. The summed E-state index contributed by atoms with van der Waals surface area (Å²) < 4.78 is 36.9. The van der Waals surface area contributed by atoms with Crippen LogP contribution in [0.3, 0.4) is 0 Å². The topological polar surface area (TPSA) is 38.8 Å². The Bertz CT molecular complexity index is 747. The highest BCUT2D eigenvalue weighted by Gasteiger charge is 2.45. The van der Waals surface area contributed by atoms with E-state index in [1.165, 1.54) is 0 Å². The minimum absolute atomic E-state index is 0.138. The summed E-state index contributed by atoms with van der Waals surface area (Å²) in [4.78, 5) is 14.0. The number of halogens is 2. The third kappa shape index (κ3) is 3.54. The van der Waals surface area contributed by atoms with Crippen molar-refractivity contribution in [3.63, 3.8) is 0 Å². The van der Waals surface area contributed by atoms with Gasteiger partial charge in [0.1, 0.15) is 11.4 Å². The molecule has 0 aromatic rings. The average Bonchev–Trinajstić information content (AvgIpc) is 2.50. The molecular formula is C19H21F2NO3. The van der Waals surface area contributed by atoms with E-state index in [9.17, 15) is 13.6 Å². The SMILES string of the molecule is CCOC(=O)C1=C(C)C=C=C2C(OCC3CC(F)(F)C3)=CC(C)=CN21. The maximum Gasteiger partial charge on any atom is 0.355 e. The molecule has 0 aromatic heterocycles. The molecule has 0 bridgehead atoms. The zero-order chi connectivity index (χ0) is 18.2. The molecule has 1 fully saturated rings. The summed E-state index contributed by atoms with van der Waals surface area (Å²) in [5.74, 6) is -2.59. The molecule has 0 unspecified atom stereocenters. The van der Waals surface area contributed by atoms with Crippen LogP contribution in [0.4, 0.5) is 8.78 Å². The Morgan fingerprint density at radius 1 is 1.40 bits per heavy atom. The Labute approximate surface area is 145 Å². The lowest BCUT2D eigenvalue weighted by atomic mass is 9.82. The van der Waals surface area contributed by atoms with Crippen molar-refractivity contribution in [2.24, 2.45) is 5.92 Å². The summed E-state index contributed by atoms with van der Waals surface area (Å²) in [6.07, 6.45) is 5.07. The first kappa shape index (κ1) is 17.5.